The van der Waals surface area contributed by atoms with Gasteiger partial charge in [-0.15, -0.1) is 0 Å². The van der Waals surface area contributed by atoms with E-state index in [1.807, 2.05) is 30.9 Å². The van der Waals surface area contributed by atoms with Gasteiger partial charge in [-0.3, -0.25) is 14.7 Å². The number of pyridine rings is 1. The first-order valence-corrected chi connectivity index (χ1v) is 8.66. The second-order valence-corrected chi connectivity index (χ2v) is 6.86. The van der Waals surface area contributed by atoms with Crippen LogP contribution in [0.5, 0.6) is 0 Å². The Hall–Kier alpha value is -2.14. The molecule has 0 bridgehead atoms. The quantitative estimate of drug-likeness (QED) is 0.871. The van der Waals surface area contributed by atoms with Crippen LogP contribution >= 0.6 is 0 Å². The molecule has 2 atom stereocenters. The zero-order chi connectivity index (χ0) is 16.7. The minimum atomic E-state index is 0.0335. The molecule has 2 saturated heterocycles. The van der Waals surface area contributed by atoms with Gasteiger partial charge in [-0.25, -0.2) is 0 Å². The molecule has 5 nitrogen and oxygen atoms in total. The average Bonchev–Trinajstić information content (AvgIpc) is 3.24. The molecule has 0 saturated carbocycles. The van der Waals surface area contributed by atoms with Gasteiger partial charge in [0.15, 0.2) is 5.76 Å². The number of aryl methyl sites for hydroxylation is 2. The molecule has 0 N–H and O–H groups in total. The summed E-state index contributed by atoms with van der Waals surface area (Å²) in [5, 5.41) is 0. The largest absolute Gasteiger partial charge is 0.456 e. The van der Waals surface area contributed by atoms with E-state index in [0.29, 0.717) is 17.8 Å². The minimum Gasteiger partial charge on any atom is -0.456 e. The van der Waals surface area contributed by atoms with Crippen molar-refractivity contribution < 1.29 is 9.21 Å². The summed E-state index contributed by atoms with van der Waals surface area (Å²) in [6.07, 6.45) is 2.06. The maximum Gasteiger partial charge on any atom is 0.289 e. The Balaban J connectivity index is 1.46. The SMILES string of the molecule is Cc1cccc(CN2CC[C@H]3[C@H]2CCN3C(=O)c2ccc(C)o2)n1. The maximum absolute atomic E-state index is 12.7. The first-order valence-electron chi connectivity index (χ1n) is 8.66. The molecule has 0 aromatic carbocycles. The number of amides is 1. The fraction of sp³-hybridized carbons (Fsp3) is 0.474. The minimum absolute atomic E-state index is 0.0335. The molecule has 4 heterocycles. The second-order valence-electron chi connectivity index (χ2n) is 6.86. The van der Waals surface area contributed by atoms with Gasteiger partial charge in [-0.05, 0) is 51.0 Å². The average molecular weight is 325 g/mol. The fourth-order valence-corrected chi connectivity index (χ4v) is 4.11. The summed E-state index contributed by atoms with van der Waals surface area (Å²) < 4.78 is 5.53. The van der Waals surface area contributed by atoms with Gasteiger partial charge >= 0.3 is 0 Å². The molecule has 5 heteroatoms. The third kappa shape index (κ3) is 2.73. The molecular formula is C19H23N3O2. The van der Waals surface area contributed by atoms with Crippen molar-refractivity contribution in [2.45, 2.75) is 45.3 Å². The number of aromatic nitrogens is 1. The lowest BCUT2D eigenvalue weighted by molar-refractivity contribution is 0.0698. The van der Waals surface area contributed by atoms with Gasteiger partial charge in [0.05, 0.1) is 5.69 Å². The zero-order valence-corrected chi connectivity index (χ0v) is 14.2. The van der Waals surface area contributed by atoms with Gasteiger partial charge in [0.2, 0.25) is 0 Å². The van der Waals surface area contributed by atoms with E-state index in [-0.39, 0.29) is 5.91 Å². The molecule has 0 aliphatic carbocycles. The molecule has 24 heavy (non-hydrogen) atoms. The van der Waals surface area contributed by atoms with Gasteiger partial charge in [-0.1, -0.05) is 6.07 Å². The molecule has 0 spiro atoms. The lowest BCUT2D eigenvalue weighted by Gasteiger charge is -2.25. The summed E-state index contributed by atoms with van der Waals surface area (Å²) >= 11 is 0. The molecule has 2 aromatic heterocycles. The number of rotatable bonds is 3. The molecule has 2 aromatic rings. The number of likely N-dealkylation sites (tertiary alicyclic amines) is 2. The standard InChI is InChI=1S/C19H23N3O2/c1-13-4-3-5-15(20-13)12-21-10-8-17-16(21)9-11-22(17)19(23)18-7-6-14(2)24-18/h3-7,16-17H,8-12H2,1-2H3/t16-,17+/m1/s1. The van der Waals surface area contributed by atoms with Crippen LogP contribution in [-0.4, -0.2) is 45.9 Å². The Kier molecular flexibility index (Phi) is 3.88. The van der Waals surface area contributed by atoms with Crippen LogP contribution in [0.1, 0.15) is 40.5 Å². The van der Waals surface area contributed by atoms with Gasteiger partial charge in [-0.2, -0.15) is 0 Å². The number of hydrogen-bond acceptors (Lipinski definition) is 4. The molecule has 2 fully saturated rings. The summed E-state index contributed by atoms with van der Waals surface area (Å²) in [5.41, 5.74) is 2.17. The number of furan rings is 1. The highest BCUT2D eigenvalue weighted by molar-refractivity contribution is 5.92. The highest BCUT2D eigenvalue weighted by Crippen LogP contribution is 2.33. The Morgan fingerprint density at radius 1 is 1.17 bits per heavy atom. The van der Waals surface area contributed by atoms with Crippen molar-refractivity contribution in [3.05, 3.63) is 53.2 Å². The van der Waals surface area contributed by atoms with Gasteiger partial charge < -0.3 is 9.32 Å². The van der Waals surface area contributed by atoms with Crippen LogP contribution in [-0.2, 0) is 6.54 Å². The highest BCUT2D eigenvalue weighted by Gasteiger charge is 2.44. The van der Waals surface area contributed by atoms with Crippen molar-refractivity contribution in [2.75, 3.05) is 13.1 Å². The van der Waals surface area contributed by atoms with Crippen molar-refractivity contribution in [1.82, 2.24) is 14.8 Å². The van der Waals surface area contributed by atoms with Gasteiger partial charge in [0.25, 0.3) is 5.91 Å². The Labute approximate surface area is 142 Å². The van der Waals surface area contributed by atoms with Crippen molar-refractivity contribution in [1.29, 1.82) is 0 Å². The molecule has 4 rings (SSSR count). The Morgan fingerprint density at radius 2 is 2.00 bits per heavy atom. The fourth-order valence-electron chi connectivity index (χ4n) is 4.11. The van der Waals surface area contributed by atoms with E-state index in [0.717, 1.165) is 49.6 Å². The van der Waals surface area contributed by atoms with E-state index in [4.69, 9.17) is 4.42 Å². The molecule has 1 amide bonds. The lowest BCUT2D eigenvalue weighted by atomic mass is 10.1. The number of fused-ring (bicyclic) bond motifs is 1. The van der Waals surface area contributed by atoms with Gasteiger partial charge in [0.1, 0.15) is 5.76 Å². The van der Waals surface area contributed by atoms with Crippen LogP contribution in [0.25, 0.3) is 0 Å². The molecule has 2 aliphatic heterocycles. The van der Waals surface area contributed by atoms with Crippen LogP contribution in [0.4, 0.5) is 0 Å². The molecule has 0 unspecified atom stereocenters. The van der Waals surface area contributed by atoms with Crippen molar-refractivity contribution in [2.24, 2.45) is 0 Å². The van der Waals surface area contributed by atoms with Crippen LogP contribution < -0.4 is 0 Å². The van der Waals surface area contributed by atoms with E-state index in [2.05, 4.69) is 22.0 Å². The van der Waals surface area contributed by atoms with Gasteiger partial charge in [0, 0.05) is 37.4 Å². The van der Waals surface area contributed by atoms with Crippen molar-refractivity contribution >= 4 is 5.91 Å². The predicted octanol–water partition coefficient (Wildman–Crippen LogP) is 2.78. The van der Waals surface area contributed by atoms with Crippen LogP contribution in [0.15, 0.2) is 34.7 Å². The second kappa shape index (κ2) is 6.06. The Bertz CT molecular complexity index is 755. The van der Waals surface area contributed by atoms with E-state index >= 15 is 0 Å². The number of nitrogens with zero attached hydrogens (tertiary/aromatic N) is 3. The third-order valence-electron chi connectivity index (χ3n) is 5.21. The normalized spacial score (nSPS) is 23.7. The van der Waals surface area contributed by atoms with E-state index < -0.39 is 0 Å². The summed E-state index contributed by atoms with van der Waals surface area (Å²) in [5.74, 6) is 1.28. The van der Waals surface area contributed by atoms with Crippen molar-refractivity contribution in [3.63, 3.8) is 0 Å². The van der Waals surface area contributed by atoms with Crippen molar-refractivity contribution in [3.8, 4) is 0 Å². The molecular weight excluding hydrogens is 302 g/mol. The van der Waals surface area contributed by atoms with Crippen LogP contribution in [0, 0.1) is 13.8 Å². The third-order valence-corrected chi connectivity index (χ3v) is 5.21. The van der Waals surface area contributed by atoms with E-state index in [1.54, 1.807) is 6.07 Å². The molecule has 0 radical (unpaired) electrons. The summed E-state index contributed by atoms with van der Waals surface area (Å²) in [7, 11) is 0. The summed E-state index contributed by atoms with van der Waals surface area (Å²) in [6.45, 7) is 6.59. The van der Waals surface area contributed by atoms with Crippen LogP contribution in [0.3, 0.4) is 0 Å². The monoisotopic (exact) mass is 325 g/mol. The Morgan fingerprint density at radius 3 is 2.75 bits per heavy atom. The van der Waals surface area contributed by atoms with Crippen LogP contribution in [0.2, 0.25) is 0 Å². The number of carbonyl (C=O) groups excluding carboxylic acids is 1. The first kappa shape index (κ1) is 15.4. The summed E-state index contributed by atoms with van der Waals surface area (Å²) in [4.78, 5) is 21.8. The summed E-state index contributed by atoms with van der Waals surface area (Å²) in [6, 6.07) is 10.6. The number of carbonyl (C=O) groups is 1. The van der Waals surface area contributed by atoms with E-state index in [9.17, 15) is 4.79 Å². The first-order chi connectivity index (χ1) is 11.6. The predicted molar refractivity (Wildman–Crippen MR) is 90.7 cm³/mol. The van der Waals surface area contributed by atoms with E-state index in [1.165, 1.54) is 0 Å². The topological polar surface area (TPSA) is 49.6 Å². The maximum atomic E-state index is 12.7. The lowest BCUT2D eigenvalue weighted by Crippen LogP contribution is -2.39. The smallest absolute Gasteiger partial charge is 0.289 e. The molecule has 2 aliphatic rings. The highest BCUT2D eigenvalue weighted by atomic mass is 16.3. The number of hydrogen-bond donors (Lipinski definition) is 0. The zero-order valence-electron chi connectivity index (χ0n) is 14.2. The molecule has 126 valence electrons.